The highest BCUT2D eigenvalue weighted by Gasteiger charge is 2.25. The third-order valence-corrected chi connectivity index (χ3v) is 11.4. The molecule has 386 valence electrons. The Morgan fingerprint density at radius 1 is 0.463 bits per heavy atom. The number of quaternary nitrogens is 1. The van der Waals surface area contributed by atoms with E-state index >= 15 is 0 Å². The van der Waals surface area contributed by atoms with E-state index in [4.69, 9.17) is 18.9 Å². The fourth-order valence-electron chi connectivity index (χ4n) is 7.28. The molecule has 0 bridgehead atoms. The van der Waals surface area contributed by atoms with Gasteiger partial charge in [-0.3, -0.25) is 9.59 Å². The number of aliphatic carboxylic acids is 1. The summed E-state index contributed by atoms with van der Waals surface area (Å²) in [5, 5.41) is 9.67. The summed E-state index contributed by atoms with van der Waals surface area (Å²) in [6, 6.07) is 0. The summed E-state index contributed by atoms with van der Waals surface area (Å²) in [6.45, 7) is 4.70. The van der Waals surface area contributed by atoms with E-state index in [0.29, 0.717) is 17.4 Å². The van der Waals surface area contributed by atoms with Crippen molar-refractivity contribution in [3.63, 3.8) is 0 Å². The molecule has 0 heterocycles. The molecule has 0 rings (SSSR count). The lowest BCUT2D eigenvalue weighted by molar-refractivity contribution is -0.870. The first kappa shape index (κ1) is 63.7. The summed E-state index contributed by atoms with van der Waals surface area (Å²) in [6.07, 6.45) is 59.9. The highest BCUT2D eigenvalue weighted by molar-refractivity contribution is 5.71. The number of ether oxygens (including phenoxy) is 4. The highest BCUT2D eigenvalue weighted by Crippen LogP contribution is 2.15. The standard InChI is InChI=1S/C58H101NO8/c1-6-8-10-12-14-16-18-20-22-24-25-26-27-28-29-30-31-33-34-36-38-40-42-44-46-48-55(60)65-52-54(53-66-58(57(62)63)64-51-50-59(3,4)5)67-56(61)49-47-45-43-41-39-37-35-32-23-21-19-17-15-13-11-9-7-2/h9,11,15,17,21,23-25,35,37,41,43,54,58H,6-8,10,12-14,16,18-20,22,26-34,36,38-40,42,44-53H2,1-5H3/p+1/b11-9-,17-15-,23-21-,25-24-,37-35-,43-41-. The van der Waals surface area contributed by atoms with Crippen molar-refractivity contribution in [2.24, 2.45) is 0 Å². The maximum atomic E-state index is 12.8. The van der Waals surface area contributed by atoms with Crippen LogP contribution in [0, 0.1) is 0 Å². The number of likely N-dealkylation sites (N-methyl/N-ethyl adjacent to an activating group) is 1. The molecule has 0 saturated heterocycles. The van der Waals surface area contributed by atoms with Crippen LogP contribution in [0.1, 0.15) is 219 Å². The van der Waals surface area contributed by atoms with Gasteiger partial charge in [0.25, 0.3) is 6.29 Å². The molecule has 0 aromatic heterocycles. The van der Waals surface area contributed by atoms with Crippen molar-refractivity contribution >= 4 is 17.9 Å². The average molecular weight is 941 g/mol. The van der Waals surface area contributed by atoms with Crippen LogP contribution in [0.3, 0.4) is 0 Å². The molecule has 0 saturated carbocycles. The SMILES string of the molecule is CC/C=C\C/C=C\C/C=C\C/C=C\C/C=C\CCCC(=O)OC(COC(=O)CCCCCCCCCCCCCCC/C=C\CCCCCCCCCC)COC(OCC[N+](C)(C)C)C(=O)O. The van der Waals surface area contributed by atoms with Crippen LogP contribution in [0.25, 0.3) is 0 Å². The Kier molecular flexibility index (Phi) is 46.8. The monoisotopic (exact) mass is 941 g/mol. The molecule has 0 aliphatic heterocycles. The highest BCUT2D eigenvalue weighted by atomic mass is 16.7. The van der Waals surface area contributed by atoms with Gasteiger partial charge in [-0.05, 0) is 77.0 Å². The van der Waals surface area contributed by atoms with Crippen molar-refractivity contribution in [2.75, 3.05) is 47.5 Å². The molecule has 67 heavy (non-hydrogen) atoms. The number of carboxylic acids is 1. The van der Waals surface area contributed by atoms with Gasteiger partial charge >= 0.3 is 17.9 Å². The second kappa shape index (κ2) is 49.2. The van der Waals surface area contributed by atoms with Crippen LogP contribution in [0.15, 0.2) is 72.9 Å². The zero-order valence-electron chi connectivity index (χ0n) is 43.8. The number of unbranched alkanes of at least 4 members (excludes halogenated alkanes) is 22. The van der Waals surface area contributed by atoms with E-state index in [9.17, 15) is 19.5 Å². The third-order valence-electron chi connectivity index (χ3n) is 11.4. The lowest BCUT2D eigenvalue weighted by atomic mass is 10.0. The maximum absolute atomic E-state index is 12.8. The molecule has 0 aromatic carbocycles. The summed E-state index contributed by atoms with van der Waals surface area (Å²) in [5.41, 5.74) is 0. The van der Waals surface area contributed by atoms with Crippen molar-refractivity contribution in [1.29, 1.82) is 0 Å². The Morgan fingerprint density at radius 2 is 0.866 bits per heavy atom. The molecule has 0 aromatic rings. The second-order valence-corrected chi connectivity index (χ2v) is 19.2. The summed E-state index contributed by atoms with van der Waals surface area (Å²) in [7, 11) is 5.94. The normalized spacial score (nSPS) is 13.4. The van der Waals surface area contributed by atoms with Gasteiger partial charge in [-0.25, -0.2) is 4.79 Å². The summed E-state index contributed by atoms with van der Waals surface area (Å²) >= 11 is 0. The fraction of sp³-hybridized carbons (Fsp3) is 0.741. The topological polar surface area (TPSA) is 108 Å². The van der Waals surface area contributed by atoms with Crippen molar-refractivity contribution in [2.45, 2.75) is 232 Å². The Morgan fingerprint density at radius 3 is 1.33 bits per heavy atom. The van der Waals surface area contributed by atoms with Crippen LogP contribution in [0.5, 0.6) is 0 Å². The third kappa shape index (κ3) is 50.4. The van der Waals surface area contributed by atoms with E-state index in [-0.39, 0.29) is 38.6 Å². The number of hydrogen-bond acceptors (Lipinski definition) is 7. The van der Waals surface area contributed by atoms with E-state index in [1.54, 1.807) is 0 Å². The zero-order chi connectivity index (χ0) is 49.2. The molecule has 0 spiro atoms. The average Bonchev–Trinajstić information content (AvgIpc) is 3.29. The van der Waals surface area contributed by atoms with Gasteiger partial charge in [0.1, 0.15) is 13.2 Å². The van der Waals surface area contributed by atoms with Crippen LogP contribution < -0.4 is 0 Å². The number of nitrogens with zero attached hydrogens (tertiary/aromatic N) is 1. The van der Waals surface area contributed by atoms with Crippen molar-refractivity contribution in [3.8, 4) is 0 Å². The van der Waals surface area contributed by atoms with Crippen molar-refractivity contribution in [1.82, 2.24) is 0 Å². The molecule has 0 fully saturated rings. The quantitative estimate of drug-likeness (QED) is 0.0211. The van der Waals surface area contributed by atoms with Crippen LogP contribution in [0.4, 0.5) is 0 Å². The van der Waals surface area contributed by atoms with E-state index in [1.165, 1.54) is 128 Å². The lowest BCUT2D eigenvalue weighted by Gasteiger charge is -2.25. The summed E-state index contributed by atoms with van der Waals surface area (Å²) < 4.78 is 22.8. The summed E-state index contributed by atoms with van der Waals surface area (Å²) in [5.74, 6) is -2.09. The molecule has 0 aliphatic carbocycles. The predicted octanol–water partition coefficient (Wildman–Crippen LogP) is 15.5. The number of allylic oxidation sites excluding steroid dienone is 12. The largest absolute Gasteiger partial charge is 0.477 e. The molecule has 1 N–H and O–H groups in total. The van der Waals surface area contributed by atoms with Crippen LogP contribution >= 0.6 is 0 Å². The van der Waals surface area contributed by atoms with Gasteiger partial charge in [0.2, 0.25) is 0 Å². The Bertz CT molecular complexity index is 1330. The summed E-state index contributed by atoms with van der Waals surface area (Å²) in [4.78, 5) is 37.3. The first-order valence-electron chi connectivity index (χ1n) is 27.1. The van der Waals surface area contributed by atoms with Gasteiger partial charge in [0.15, 0.2) is 6.10 Å². The molecule has 9 nitrogen and oxygen atoms in total. The van der Waals surface area contributed by atoms with Gasteiger partial charge in [0.05, 0.1) is 34.4 Å². The second-order valence-electron chi connectivity index (χ2n) is 19.2. The number of hydrogen-bond donors (Lipinski definition) is 1. The van der Waals surface area contributed by atoms with Gasteiger partial charge in [-0.15, -0.1) is 0 Å². The minimum Gasteiger partial charge on any atom is -0.477 e. The van der Waals surface area contributed by atoms with Gasteiger partial charge in [0, 0.05) is 12.8 Å². The van der Waals surface area contributed by atoms with E-state index < -0.39 is 24.3 Å². The first-order valence-corrected chi connectivity index (χ1v) is 27.1. The first-order chi connectivity index (χ1) is 32.6. The number of carbonyl (C=O) groups is 3. The molecule has 0 amide bonds. The van der Waals surface area contributed by atoms with E-state index in [1.807, 2.05) is 21.1 Å². The predicted molar refractivity (Wildman–Crippen MR) is 281 cm³/mol. The fourth-order valence-corrected chi connectivity index (χ4v) is 7.28. The van der Waals surface area contributed by atoms with Gasteiger partial charge in [-0.1, -0.05) is 202 Å². The lowest BCUT2D eigenvalue weighted by Crippen LogP contribution is -2.40. The number of rotatable bonds is 49. The smallest absolute Gasteiger partial charge is 0.361 e. The number of esters is 2. The molecule has 2 unspecified atom stereocenters. The van der Waals surface area contributed by atoms with Gasteiger partial charge < -0.3 is 28.5 Å². The molecular formula is C58H102NO8+. The maximum Gasteiger partial charge on any atom is 0.361 e. The molecule has 2 atom stereocenters. The molecule has 0 aliphatic rings. The van der Waals surface area contributed by atoms with Crippen molar-refractivity contribution in [3.05, 3.63) is 72.9 Å². The van der Waals surface area contributed by atoms with Crippen LogP contribution in [0.2, 0.25) is 0 Å². The Hall–Kier alpha value is -3.27. The molecule has 0 radical (unpaired) electrons. The number of carboxylic acid groups (broad SMARTS) is 1. The van der Waals surface area contributed by atoms with Crippen molar-refractivity contribution < 1.29 is 42.9 Å². The minimum absolute atomic E-state index is 0.174. The van der Waals surface area contributed by atoms with E-state index in [2.05, 4.69) is 86.8 Å². The minimum atomic E-state index is -1.53. The molecule has 9 heteroatoms. The van der Waals surface area contributed by atoms with E-state index in [0.717, 1.165) is 57.8 Å². The Balaban J connectivity index is 4.31. The van der Waals surface area contributed by atoms with Gasteiger partial charge in [-0.2, -0.15) is 0 Å². The van der Waals surface area contributed by atoms with Crippen LogP contribution in [-0.2, 0) is 33.3 Å². The number of carbonyl (C=O) groups excluding carboxylic acids is 2. The Labute approximate surface area is 411 Å². The van der Waals surface area contributed by atoms with Crippen LogP contribution in [-0.4, -0.2) is 87.4 Å². The molecular weight excluding hydrogens is 839 g/mol. The zero-order valence-corrected chi connectivity index (χ0v) is 43.8.